The van der Waals surface area contributed by atoms with Crippen LogP contribution in [-0.4, -0.2) is 41.2 Å². The summed E-state index contributed by atoms with van der Waals surface area (Å²) in [5, 5.41) is 0. The second kappa shape index (κ2) is 6.19. The van der Waals surface area contributed by atoms with Crippen molar-refractivity contribution in [2.75, 3.05) is 19.8 Å². The third kappa shape index (κ3) is 2.96. The molecule has 6 heteroatoms. The molecular formula is C16H18N2O4. The van der Waals surface area contributed by atoms with Gasteiger partial charge in [0.05, 0.1) is 25.8 Å². The molecule has 1 aliphatic heterocycles. The van der Waals surface area contributed by atoms with Crippen molar-refractivity contribution in [1.29, 1.82) is 0 Å². The minimum atomic E-state index is -0.137. The first-order chi connectivity index (χ1) is 10.6. The van der Waals surface area contributed by atoms with Crippen molar-refractivity contribution in [3.63, 3.8) is 0 Å². The van der Waals surface area contributed by atoms with Crippen molar-refractivity contribution >= 4 is 5.91 Å². The van der Waals surface area contributed by atoms with E-state index in [0.717, 1.165) is 0 Å². The molecule has 1 aliphatic rings. The van der Waals surface area contributed by atoms with Crippen LogP contribution in [0.2, 0.25) is 0 Å². The highest BCUT2D eigenvalue weighted by atomic mass is 16.5. The lowest BCUT2D eigenvalue weighted by molar-refractivity contribution is 0.00188. The van der Waals surface area contributed by atoms with E-state index < -0.39 is 0 Å². The van der Waals surface area contributed by atoms with Crippen molar-refractivity contribution in [2.45, 2.75) is 19.5 Å². The van der Waals surface area contributed by atoms with Crippen molar-refractivity contribution in [3.8, 4) is 0 Å². The van der Waals surface area contributed by atoms with E-state index in [0.29, 0.717) is 37.8 Å². The zero-order chi connectivity index (χ0) is 15.5. The number of ether oxygens (including phenoxy) is 1. The molecule has 0 aliphatic carbocycles. The number of aromatic nitrogens is 1. The predicted molar refractivity (Wildman–Crippen MR) is 79.8 cm³/mol. The van der Waals surface area contributed by atoms with Crippen LogP contribution in [0.4, 0.5) is 0 Å². The molecule has 3 heterocycles. The number of hydrogen-bond acceptors (Lipinski definition) is 4. The van der Waals surface area contributed by atoms with Crippen LogP contribution in [0.3, 0.4) is 0 Å². The van der Waals surface area contributed by atoms with Crippen LogP contribution < -0.4 is 5.56 Å². The molecule has 3 rings (SSSR count). The Bertz CT molecular complexity index is 719. The molecule has 1 saturated heterocycles. The largest absolute Gasteiger partial charge is 0.454 e. The summed E-state index contributed by atoms with van der Waals surface area (Å²) in [5.74, 6) is 0.743. The number of carbonyl (C=O) groups excluding carboxylic acids is 1. The monoisotopic (exact) mass is 302 g/mol. The van der Waals surface area contributed by atoms with E-state index in [9.17, 15) is 9.59 Å². The van der Waals surface area contributed by atoms with Crippen LogP contribution in [0.1, 0.15) is 23.2 Å². The molecule has 0 spiro atoms. The van der Waals surface area contributed by atoms with Gasteiger partial charge in [-0.1, -0.05) is 6.07 Å². The molecule has 22 heavy (non-hydrogen) atoms. The molecule has 0 N–H and O–H groups in total. The van der Waals surface area contributed by atoms with E-state index in [2.05, 4.69) is 0 Å². The molecule has 0 aromatic carbocycles. The number of nitrogens with zero attached hydrogens (tertiary/aromatic N) is 2. The van der Waals surface area contributed by atoms with Crippen LogP contribution in [-0.2, 0) is 11.3 Å². The first kappa shape index (κ1) is 14.6. The van der Waals surface area contributed by atoms with E-state index in [1.165, 1.54) is 10.6 Å². The minimum absolute atomic E-state index is 0.0338. The second-order valence-electron chi connectivity index (χ2n) is 5.36. The van der Waals surface area contributed by atoms with Gasteiger partial charge in [0, 0.05) is 18.8 Å². The molecule has 116 valence electrons. The smallest absolute Gasteiger partial charge is 0.289 e. The number of pyridine rings is 1. The van der Waals surface area contributed by atoms with Crippen molar-refractivity contribution < 1.29 is 13.9 Å². The molecule has 1 unspecified atom stereocenters. The molecule has 1 amide bonds. The summed E-state index contributed by atoms with van der Waals surface area (Å²) in [6.45, 7) is 3.91. The Kier molecular flexibility index (Phi) is 4.11. The number of rotatable bonds is 3. The van der Waals surface area contributed by atoms with Gasteiger partial charge in [0.25, 0.3) is 11.5 Å². The molecule has 0 saturated carbocycles. The van der Waals surface area contributed by atoms with Crippen LogP contribution in [0, 0.1) is 0 Å². The Morgan fingerprint density at radius 3 is 2.95 bits per heavy atom. The van der Waals surface area contributed by atoms with Crippen LogP contribution in [0.5, 0.6) is 0 Å². The van der Waals surface area contributed by atoms with Gasteiger partial charge in [-0.2, -0.15) is 0 Å². The van der Waals surface area contributed by atoms with Gasteiger partial charge < -0.3 is 18.6 Å². The summed E-state index contributed by atoms with van der Waals surface area (Å²) in [6.07, 6.45) is 1.69. The summed E-state index contributed by atoms with van der Waals surface area (Å²) in [6, 6.07) is 8.39. The standard InChI is InChI=1S/C16H18N2O4/c1-12-11-21-9-8-18(12)16(20)14-6-5-13(22-14)10-17-7-3-2-4-15(17)19/h2-7,12H,8-11H2,1H3. The van der Waals surface area contributed by atoms with E-state index in [1.54, 1.807) is 35.4 Å². The SMILES string of the molecule is CC1COCCN1C(=O)c1ccc(Cn2ccccc2=O)o1. The fraction of sp³-hybridized carbons (Fsp3) is 0.375. The first-order valence-corrected chi connectivity index (χ1v) is 7.28. The van der Waals surface area contributed by atoms with Gasteiger partial charge in [0.15, 0.2) is 5.76 Å². The average molecular weight is 302 g/mol. The second-order valence-corrected chi connectivity index (χ2v) is 5.36. The van der Waals surface area contributed by atoms with E-state index in [1.807, 2.05) is 6.92 Å². The van der Waals surface area contributed by atoms with Crippen molar-refractivity contribution in [1.82, 2.24) is 9.47 Å². The molecule has 1 fully saturated rings. The lowest BCUT2D eigenvalue weighted by Gasteiger charge is -2.32. The summed E-state index contributed by atoms with van der Waals surface area (Å²) < 4.78 is 12.5. The Morgan fingerprint density at radius 1 is 1.32 bits per heavy atom. The normalized spacial score (nSPS) is 18.4. The number of amides is 1. The molecule has 0 bridgehead atoms. The third-order valence-corrected chi connectivity index (χ3v) is 3.73. The van der Waals surface area contributed by atoms with Gasteiger partial charge in [-0.3, -0.25) is 9.59 Å². The topological polar surface area (TPSA) is 64.7 Å². The Balaban J connectivity index is 1.75. The van der Waals surface area contributed by atoms with Gasteiger partial charge in [-0.25, -0.2) is 0 Å². The van der Waals surface area contributed by atoms with E-state index >= 15 is 0 Å². The van der Waals surface area contributed by atoms with Crippen LogP contribution in [0.25, 0.3) is 0 Å². The lowest BCUT2D eigenvalue weighted by atomic mass is 10.2. The molecule has 2 aromatic rings. The highest BCUT2D eigenvalue weighted by Crippen LogP contribution is 2.15. The maximum atomic E-state index is 12.5. The Hall–Kier alpha value is -2.34. The van der Waals surface area contributed by atoms with Gasteiger partial charge in [-0.15, -0.1) is 0 Å². The van der Waals surface area contributed by atoms with Crippen LogP contribution >= 0.6 is 0 Å². The molecule has 1 atom stereocenters. The number of carbonyl (C=O) groups is 1. The van der Waals surface area contributed by atoms with Gasteiger partial charge in [0.1, 0.15) is 5.76 Å². The summed E-state index contributed by atoms with van der Waals surface area (Å²) in [7, 11) is 0. The highest BCUT2D eigenvalue weighted by Gasteiger charge is 2.26. The van der Waals surface area contributed by atoms with E-state index in [4.69, 9.17) is 9.15 Å². The zero-order valence-corrected chi connectivity index (χ0v) is 12.4. The fourth-order valence-corrected chi connectivity index (χ4v) is 2.51. The summed E-state index contributed by atoms with van der Waals surface area (Å²) in [5.41, 5.74) is -0.103. The highest BCUT2D eigenvalue weighted by molar-refractivity contribution is 5.91. The first-order valence-electron chi connectivity index (χ1n) is 7.28. The quantitative estimate of drug-likeness (QED) is 0.858. The summed E-state index contributed by atoms with van der Waals surface area (Å²) in [4.78, 5) is 25.9. The number of furan rings is 1. The fourth-order valence-electron chi connectivity index (χ4n) is 2.51. The third-order valence-electron chi connectivity index (χ3n) is 3.73. The van der Waals surface area contributed by atoms with Crippen LogP contribution in [0.15, 0.2) is 45.7 Å². The zero-order valence-electron chi connectivity index (χ0n) is 12.4. The maximum Gasteiger partial charge on any atom is 0.289 e. The van der Waals surface area contributed by atoms with Gasteiger partial charge >= 0.3 is 0 Å². The molecule has 2 aromatic heterocycles. The van der Waals surface area contributed by atoms with Crippen molar-refractivity contribution in [3.05, 3.63) is 58.4 Å². The molecule has 0 radical (unpaired) electrons. The minimum Gasteiger partial charge on any atom is -0.454 e. The average Bonchev–Trinajstić information content (AvgIpc) is 2.98. The lowest BCUT2D eigenvalue weighted by Crippen LogP contribution is -2.47. The Morgan fingerprint density at radius 2 is 2.18 bits per heavy atom. The van der Waals surface area contributed by atoms with Gasteiger partial charge in [-0.05, 0) is 25.1 Å². The predicted octanol–water partition coefficient (Wildman–Crippen LogP) is 1.35. The molecule has 6 nitrogen and oxygen atoms in total. The number of morpholine rings is 1. The van der Waals surface area contributed by atoms with E-state index in [-0.39, 0.29) is 17.5 Å². The summed E-state index contributed by atoms with van der Waals surface area (Å²) >= 11 is 0. The molecular weight excluding hydrogens is 284 g/mol. The van der Waals surface area contributed by atoms with Gasteiger partial charge in [0.2, 0.25) is 0 Å². The maximum absolute atomic E-state index is 12.5. The number of hydrogen-bond donors (Lipinski definition) is 0. The Labute approximate surface area is 127 Å². The van der Waals surface area contributed by atoms with Crippen molar-refractivity contribution in [2.24, 2.45) is 0 Å².